The van der Waals surface area contributed by atoms with Gasteiger partial charge in [0.25, 0.3) is 0 Å². The van der Waals surface area contributed by atoms with E-state index in [9.17, 15) is 0 Å². The second-order valence-electron chi connectivity index (χ2n) is 6.06. The Hall–Kier alpha value is -0.450. The third kappa shape index (κ3) is 2.86. The van der Waals surface area contributed by atoms with Crippen molar-refractivity contribution >= 4 is 11.3 Å². The molecule has 1 N–H and O–H groups in total. The van der Waals surface area contributed by atoms with Crippen LogP contribution in [0.25, 0.3) is 0 Å². The van der Waals surface area contributed by atoms with E-state index < -0.39 is 0 Å². The van der Waals surface area contributed by atoms with Gasteiger partial charge in [0, 0.05) is 36.6 Å². The van der Waals surface area contributed by atoms with Crippen molar-refractivity contribution in [2.45, 2.75) is 51.0 Å². The van der Waals surface area contributed by atoms with Crippen LogP contribution in [0.4, 0.5) is 0 Å². The minimum Gasteiger partial charge on any atom is -0.314 e. The maximum Gasteiger partial charge on any atom is 0.0797 e. The molecule has 1 aromatic heterocycles. The molecule has 3 nitrogen and oxygen atoms in total. The molecule has 1 aliphatic carbocycles. The molecule has 2 fully saturated rings. The molecule has 1 saturated heterocycles. The van der Waals surface area contributed by atoms with Crippen LogP contribution in [0.1, 0.15) is 42.7 Å². The number of nitrogens with one attached hydrogen (secondary N) is 1. The molecule has 1 aliphatic heterocycles. The van der Waals surface area contributed by atoms with Crippen molar-refractivity contribution in [1.29, 1.82) is 0 Å². The fourth-order valence-corrected chi connectivity index (χ4v) is 4.51. The normalized spacial score (nSPS) is 23.8. The number of thiazole rings is 1. The van der Waals surface area contributed by atoms with Crippen molar-refractivity contribution in [1.82, 2.24) is 15.2 Å². The largest absolute Gasteiger partial charge is 0.314 e. The van der Waals surface area contributed by atoms with Crippen LogP contribution >= 0.6 is 11.3 Å². The van der Waals surface area contributed by atoms with Crippen LogP contribution in [0.2, 0.25) is 0 Å². The Labute approximate surface area is 120 Å². The van der Waals surface area contributed by atoms with Crippen molar-refractivity contribution in [3.63, 3.8) is 0 Å². The molecule has 19 heavy (non-hydrogen) atoms. The van der Waals surface area contributed by atoms with Crippen molar-refractivity contribution < 1.29 is 0 Å². The van der Waals surface area contributed by atoms with Crippen LogP contribution in [-0.4, -0.2) is 41.6 Å². The van der Waals surface area contributed by atoms with Gasteiger partial charge in [-0.1, -0.05) is 19.3 Å². The second-order valence-corrected chi connectivity index (χ2v) is 7.00. The first kappa shape index (κ1) is 13.5. The first-order valence-electron chi connectivity index (χ1n) is 7.65. The van der Waals surface area contributed by atoms with Gasteiger partial charge in [0.2, 0.25) is 0 Å². The van der Waals surface area contributed by atoms with E-state index in [2.05, 4.69) is 22.1 Å². The van der Waals surface area contributed by atoms with E-state index in [4.69, 9.17) is 0 Å². The average molecular weight is 279 g/mol. The van der Waals surface area contributed by atoms with Gasteiger partial charge in [-0.2, -0.15) is 0 Å². The van der Waals surface area contributed by atoms with Crippen LogP contribution in [-0.2, 0) is 6.42 Å². The molecule has 0 bridgehead atoms. The summed E-state index contributed by atoms with van der Waals surface area (Å²) in [6.07, 6.45) is 8.22. The lowest BCUT2D eigenvalue weighted by Crippen LogP contribution is -2.62. The van der Waals surface area contributed by atoms with Crippen molar-refractivity contribution in [2.24, 2.45) is 0 Å². The highest BCUT2D eigenvalue weighted by Gasteiger charge is 2.39. The zero-order chi connectivity index (χ0) is 13.1. The molecular weight excluding hydrogens is 254 g/mol. The standard InChI is InChI=1S/C15H25N3S/c1-13-14(19-12-17-13)5-9-18-10-8-16-11-15(18)6-3-2-4-7-15/h12,16H,2-11H2,1H3. The molecule has 0 amide bonds. The summed E-state index contributed by atoms with van der Waals surface area (Å²) in [6, 6.07) is 0. The van der Waals surface area contributed by atoms with Crippen LogP contribution in [0.3, 0.4) is 0 Å². The van der Waals surface area contributed by atoms with E-state index in [1.54, 1.807) is 0 Å². The Bertz CT molecular complexity index is 401. The molecule has 3 rings (SSSR count). The molecular formula is C15H25N3S. The summed E-state index contributed by atoms with van der Waals surface area (Å²) in [5.74, 6) is 0. The number of rotatable bonds is 3. The maximum atomic E-state index is 4.37. The molecule has 2 aliphatic rings. The van der Waals surface area contributed by atoms with Gasteiger partial charge >= 0.3 is 0 Å². The SMILES string of the molecule is Cc1ncsc1CCN1CCNCC12CCCCC2. The first-order chi connectivity index (χ1) is 9.30. The zero-order valence-corrected chi connectivity index (χ0v) is 12.8. The average Bonchev–Trinajstić information content (AvgIpc) is 2.84. The van der Waals surface area contributed by atoms with E-state index in [1.807, 2.05) is 16.8 Å². The fraction of sp³-hybridized carbons (Fsp3) is 0.800. The van der Waals surface area contributed by atoms with Gasteiger partial charge < -0.3 is 5.32 Å². The number of aromatic nitrogens is 1. The van der Waals surface area contributed by atoms with Crippen LogP contribution < -0.4 is 5.32 Å². The molecule has 2 heterocycles. The van der Waals surface area contributed by atoms with Crippen molar-refractivity contribution in [3.05, 3.63) is 16.1 Å². The molecule has 4 heteroatoms. The predicted molar refractivity (Wildman–Crippen MR) is 80.8 cm³/mol. The summed E-state index contributed by atoms with van der Waals surface area (Å²) in [5, 5.41) is 3.63. The number of nitrogens with zero attached hydrogens (tertiary/aromatic N) is 2. The first-order valence-corrected chi connectivity index (χ1v) is 8.53. The van der Waals surface area contributed by atoms with Gasteiger partial charge in [-0.05, 0) is 26.2 Å². The molecule has 0 unspecified atom stereocenters. The quantitative estimate of drug-likeness (QED) is 0.922. The number of aryl methyl sites for hydroxylation is 1. The highest BCUT2D eigenvalue weighted by molar-refractivity contribution is 7.09. The van der Waals surface area contributed by atoms with E-state index in [0.717, 1.165) is 6.54 Å². The van der Waals surface area contributed by atoms with Gasteiger partial charge in [0.05, 0.1) is 11.2 Å². The Morgan fingerprint density at radius 2 is 2.21 bits per heavy atom. The molecule has 106 valence electrons. The second kappa shape index (κ2) is 5.90. The maximum absolute atomic E-state index is 4.37. The summed E-state index contributed by atoms with van der Waals surface area (Å²) in [6.45, 7) is 6.93. The summed E-state index contributed by atoms with van der Waals surface area (Å²) in [7, 11) is 0. The zero-order valence-electron chi connectivity index (χ0n) is 12.0. The lowest BCUT2D eigenvalue weighted by molar-refractivity contribution is 0.0288. The number of hydrogen-bond acceptors (Lipinski definition) is 4. The highest BCUT2D eigenvalue weighted by atomic mass is 32.1. The molecule has 0 aromatic carbocycles. The minimum atomic E-state index is 0.467. The van der Waals surface area contributed by atoms with Gasteiger partial charge in [-0.3, -0.25) is 4.90 Å². The predicted octanol–water partition coefficient (Wildman–Crippen LogP) is 2.60. The molecule has 1 aromatic rings. The van der Waals surface area contributed by atoms with E-state index in [0.29, 0.717) is 5.54 Å². The van der Waals surface area contributed by atoms with Crippen molar-refractivity contribution in [2.75, 3.05) is 26.2 Å². The lowest BCUT2D eigenvalue weighted by Gasteiger charge is -2.50. The Balaban J connectivity index is 1.65. The van der Waals surface area contributed by atoms with E-state index in [-0.39, 0.29) is 0 Å². The van der Waals surface area contributed by atoms with Gasteiger partial charge in [0.1, 0.15) is 0 Å². The molecule has 0 atom stereocenters. The molecule has 1 spiro atoms. The lowest BCUT2D eigenvalue weighted by atomic mass is 9.79. The van der Waals surface area contributed by atoms with Crippen LogP contribution in [0, 0.1) is 6.92 Å². The minimum absolute atomic E-state index is 0.467. The summed E-state index contributed by atoms with van der Waals surface area (Å²) >= 11 is 1.82. The summed E-state index contributed by atoms with van der Waals surface area (Å²) in [5.41, 5.74) is 3.69. The topological polar surface area (TPSA) is 28.2 Å². The highest BCUT2D eigenvalue weighted by Crippen LogP contribution is 2.34. The molecule has 1 saturated carbocycles. The van der Waals surface area contributed by atoms with E-state index >= 15 is 0 Å². The number of hydrogen-bond donors (Lipinski definition) is 1. The summed E-state index contributed by atoms with van der Waals surface area (Å²) in [4.78, 5) is 8.63. The Morgan fingerprint density at radius 1 is 1.37 bits per heavy atom. The third-order valence-electron chi connectivity index (χ3n) is 4.92. The molecule has 0 radical (unpaired) electrons. The monoisotopic (exact) mass is 279 g/mol. The third-order valence-corrected chi connectivity index (χ3v) is 5.92. The Morgan fingerprint density at radius 3 is 2.95 bits per heavy atom. The van der Waals surface area contributed by atoms with Gasteiger partial charge in [-0.15, -0.1) is 11.3 Å². The van der Waals surface area contributed by atoms with E-state index in [1.165, 1.54) is 68.7 Å². The fourth-order valence-electron chi connectivity index (χ4n) is 3.74. The van der Waals surface area contributed by atoms with Crippen molar-refractivity contribution in [3.8, 4) is 0 Å². The summed E-state index contributed by atoms with van der Waals surface area (Å²) < 4.78 is 0. The van der Waals surface area contributed by atoms with Gasteiger partial charge in [0.15, 0.2) is 0 Å². The number of piperazine rings is 1. The Kier molecular flexibility index (Phi) is 4.20. The van der Waals surface area contributed by atoms with Gasteiger partial charge in [-0.25, -0.2) is 4.98 Å². The van der Waals surface area contributed by atoms with Crippen LogP contribution in [0.15, 0.2) is 5.51 Å². The smallest absolute Gasteiger partial charge is 0.0797 e. The van der Waals surface area contributed by atoms with Crippen LogP contribution in [0.5, 0.6) is 0 Å².